The predicted molar refractivity (Wildman–Crippen MR) is 98.2 cm³/mol. The van der Waals surface area contributed by atoms with E-state index in [0.717, 1.165) is 46.9 Å². The highest BCUT2D eigenvalue weighted by atomic mass is 16.4. The smallest absolute Gasteiger partial charge is 0.341 e. The Labute approximate surface area is 149 Å². The van der Waals surface area contributed by atoms with Gasteiger partial charge in [-0.25, -0.2) is 4.79 Å². The van der Waals surface area contributed by atoms with Crippen LogP contribution in [0.3, 0.4) is 0 Å². The molecule has 5 heteroatoms. The topological polar surface area (TPSA) is 75.8 Å². The molecule has 0 bridgehead atoms. The molecule has 1 aliphatic carbocycles. The van der Waals surface area contributed by atoms with Crippen molar-refractivity contribution in [1.29, 1.82) is 0 Å². The molecule has 2 aromatic heterocycles. The Balaban J connectivity index is 2.09. The van der Waals surface area contributed by atoms with E-state index in [-0.39, 0.29) is 11.5 Å². The number of benzene rings is 1. The largest absolute Gasteiger partial charge is 0.477 e. The van der Waals surface area contributed by atoms with Gasteiger partial charge in [-0.2, -0.15) is 0 Å². The Morgan fingerprint density at radius 3 is 2.58 bits per heavy atom. The number of carbonyl (C=O) groups excluding carboxylic acids is 1. The molecular formula is C21H17NO4. The average molecular weight is 347 g/mol. The minimum absolute atomic E-state index is 0.204. The first kappa shape index (κ1) is 16.3. The lowest BCUT2D eigenvalue weighted by Crippen LogP contribution is -2.23. The Bertz CT molecular complexity index is 1120. The summed E-state index contributed by atoms with van der Waals surface area (Å²) in [5.41, 5.74) is 4.04. The van der Waals surface area contributed by atoms with Crippen LogP contribution in [0.2, 0.25) is 0 Å². The molecule has 0 unspecified atom stereocenters. The van der Waals surface area contributed by atoms with Gasteiger partial charge in [0.25, 0.3) is 5.56 Å². The molecule has 1 aliphatic rings. The van der Waals surface area contributed by atoms with E-state index in [0.29, 0.717) is 5.56 Å². The number of nitrogens with zero attached hydrogens (tertiary/aromatic N) is 1. The van der Waals surface area contributed by atoms with Crippen molar-refractivity contribution in [3.63, 3.8) is 0 Å². The second kappa shape index (κ2) is 5.95. The summed E-state index contributed by atoms with van der Waals surface area (Å²) < 4.78 is 1.43. The molecule has 0 amide bonds. The second-order valence-corrected chi connectivity index (χ2v) is 6.68. The van der Waals surface area contributed by atoms with Gasteiger partial charge < -0.3 is 5.11 Å². The van der Waals surface area contributed by atoms with Crippen molar-refractivity contribution in [2.75, 3.05) is 0 Å². The van der Waals surface area contributed by atoms with E-state index < -0.39 is 11.5 Å². The van der Waals surface area contributed by atoms with Crippen molar-refractivity contribution in [3.05, 3.63) is 75.2 Å². The van der Waals surface area contributed by atoms with Crippen LogP contribution in [0.15, 0.2) is 47.4 Å². The average Bonchev–Trinajstić information content (AvgIpc) is 3.47. The van der Waals surface area contributed by atoms with Crippen LogP contribution >= 0.6 is 0 Å². The van der Waals surface area contributed by atoms with Gasteiger partial charge in [0.05, 0.1) is 5.52 Å². The fourth-order valence-electron chi connectivity index (χ4n) is 3.59. The Kier molecular flexibility index (Phi) is 3.72. The van der Waals surface area contributed by atoms with Gasteiger partial charge in [-0.1, -0.05) is 24.3 Å². The van der Waals surface area contributed by atoms with E-state index in [1.165, 1.54) is 10.5 Å². The maximum atomic E-state index is 12.6. The van der Waals surface area contributed by atoms with Gasteiger partial charge in [0.15, 0.2) is 6.29 Å². The zero-order chi connectivity index (χ0) is 18.4. The fourth-order valence-corrected chi connectivity index (χ4v) is 3.59. The van der Waals surface area contributed by atoms with Crippen molar-refractivity contribution < 1.29 is 14.7 Å². The van der Waals surface area contributed by atoms with Gasteiger partial charge in [0, 0.05) is 11.8 Å². The summed E-state index contributed by atoms with van der Waals surface area (Å²) in [7, 11) is 0. The SMILES string of the molecule is Cc1c(-c2ccccc2C=O)ccn2c(=O)c(C(=O)O)cc(C3CC3)c12. The molecule has 4 rings (SSSR count). The molecule has 0 radical (unpaired) electrons. The number of carboxylic acid groups (broad SMARTS) is 1. The highest BCUT2D eigenvalue weighted by Crippen LogP contribution is 2.43. The minimum Gasteiger partial charge on any atom is -0.477 e. The van der Waals surface area contributed by atoms with Crippen LogP contribution in [0.4, 0.5) is 0 Å². The molecule has 0 aliphatic heterocycles. The van der Waals surface area contributed by atoms with E-state index in [9.17, 15) is 19.5 Å². The summed E-state index contributed by atoms with van der Waals surface area (Å²) in [6.07, 6.45) is 4.41. The molecule has 1 N–H and O–H groups in total. The molecule has 1 saturated carbocycles. The number of carboxylic acids is 1. The van der Waals surface area contributed by atoms with Gasteiger partial charge in [0.1, 0.15) is 5.56 Å². The number of pyridine rings is 2. The standard InChI is InChI=1S/C21H17NO4/c1-12-15(16-5-3-2-4-14(16)11-23)8-9-22-19(12)17(13-6-7-13)10-18(20(22)24)21(25)26/h2-5,8-11,13H,6-7H2,1H3,(H,25,26). The van der Waals surface area contributed by atoms with Crippen molar-refractivity contribution in [3.8, 4) is 11.1 Å². The van der Waals surface area contributed by atoms with Gasteiger partial charge >= 0.3 is 5.97 Å². The molecule has 0 spiro atoms. The van der Waals surface area contributed by atoms with Crippen LogP contribution < -0.4 is 5.56 Å². The van der Waals surface area contributed by atoms with Gasteiger partial charge in [-0.15, -0.1) is 0 Å². The molecule has 130 valence electrons. The summed E-state index contributed by atoms with van der Waals surface area (Å²) in [5.74, 6) is -0.932. The monoisotopic (exact) mass is 347 g/mol. The van der Waals surface area contributed by atoms with Crippen LogP contribution in [0.1, 0.15) is 50.6 Å². The number of aldehydes is 1. The summed E-state index contributed by atoms with van der Waals surface area (Å²) in [5, 5.41) is 9.37. The number of aromatic nitrogens is 1. The summed E-state index contributed by atoms with van der Waals surface area (Å²) in [6, 6.07) is 10.6. The Morgan fingerprint density at radius 2 is 1.92 bits per heavy atom. The molecular weight excluding hydrogens is 330 g/mol. The number of aromatic carboxylic acids is 1. The molecule has 3 aromatic rings. The van der Waals surface area contributed by atoms with E-state index in [1.807, 2.05) is 25.1 Å². The minimum atomic E-state index is -1.21. The van der Waals surface area contributed by atoms with E-state index in [1.54, 1.807) is 18.3 Å². The van der Waals surface area contributed by atoms with E-state index in [2.05, 4.69) is 0 Å². The lowest BCUT2D eigenvalue weighted by atomic mass is 9.94. The van der Waals surface area contributed by atoms with Gasteiger partial charge in [-0.05, 0) is 60.1 Å². The second-order valence-electron chi connectivity index (χ2n) is 6.68. The molecule has 0 saturated heterocycles. The summed E-state index contributed by atoms with van der Waals surface area (Å²) in [4.78, 5) is 35.5. The number of aryl methyl sites for hydroxylation is 1. The molecule has 2 heterocycles. The third-order valence-corrected chi connectivity index (χ3v) is 5.04. The van der Waals surface area contributed by atoms with Crippen LogP contribution in [-0.4, -0.2) is 21.8 Å². The fraction of sp³-hybridized carbons (Fsp3) is 0.190. The highest BCUT2D eigenvalue weighted by molar-refractivity contribution is 5.92. The first-order valence-corrected chi connectivity index (χ1v) is 8.49. The Hall–Kier alpha value is -3.21. The van der Waals surface area contributed by atoms with E-state index >= 15 is 0 Å². The molecule has 0 atom stereocenters. The Morgan fingerprint density at radius 1 is 1.19 bits per heavy atom. The normalized spacial score (nSPS) is 13.7. The maximum Gasteiger partial charge on any atom is 0.341 e. The summed E-state index contributed by atoms with van der Waals surface area (Å²) in [6.45, 7) is 1.91. The first-order valence-electron chi connectivity index (χ1n) is 8.49. The van der Waals surface area contributed by atoms with Crippen molar-refractivity contribution in [2.24, 2.45) is 0 Å². The van der Waals surface area contributed by atoms with Gasteiger partial charge in [0.2, 0.25) is 0 Å². The molecule has 5 nitrogen and oxygen atoms in total. The summed E-state index contributed by atoms with van der Waals surface area (Å²) >= 11 is 0. The maximum absolute atomic E-state index is 12.6. The van der Waals surface area contributed by atoms with Crippen LogP contribution in [-0.2, 0) is 0 Å². The van der Waals surface area contributed by atoms with Crippen molar-refractivity contribution >= 4 is 17.8 Å². The third-order valence-electron chi connectivity index (χ3n) is 5.04. The molecule has 1 aromatic carbocycles. The van der Waals surface area contributed by atoms with Crippen LogP contribution in [0.5, 0.6) is 0 Å². The van der Waals surface area contributed by atoms with Gasteiger partial charge in [-0.3, -0.25) is 14.0 Å². The van der Waals surface area contributed by atoms with E-state index in [4.69, 9.17) is 0 Å². The lowest BCUT2D eigenvalue weighted by molar-refractivity contribution is 0.0694. The third kappa shape index (κ3) is 2.44. The zero-order valence-electron chi connectivity index (χ0n) is 14.2. The number of hydrogen-bond acceptors (Lipinski definition) is 3. The highest BCUT2D eigenvalue weighted by Gasteiger charge is 2.29. The number of rotatable bonds is 4. The van der Waals surface area contributed by atoms with Crippen LogP contribution in [0.25, 0.3) is 16.6 Å². The molecule has 1 fully saturated rings. The zero-order valence-corrected chi connectivity index (χ0v) is 14.2. The van der Waals surface area contributed by atoms with Crippen molar-refractivity contribution in [1.82, 2.24) is 4.40 Å². The number of carbonyl (C=O) groups is 2. The predicted octanol–water partition coefficient (Wildman–Crippen LogP) is 3.66. The molecule has 26 heavy (non-hydrogen) atoms. The number of hydrogen-bond donors (Lipinski definition) is 1. The lowest BCUT2D eigenvalue weighted by Gasteiger charge is -2.16. The quantitative estimate of drug-likeness (QED) is 0.731. The number of fused-ring (bicyclic) bond motifs is 1. The van der Waals surface area contributed by atoms with Crippen LogP contribution in [0, 0.1) is 6.92 Å². The first-order chi connectivity index (χ1) is 12.5. The van der Waals surface area contributed by atoms with Crippen molar-refractivity contribution in [2.45, 2.75) is 25.7 Å².